The number of hydrogen-bond acceptors (Lipinski definition) is 4. The van der Waals surface area contributed by atoms with E-state index in [-0.39, 0.29) is 17.8 Å². The molecule has 0 fully saturated rings. The Hall–Kier alpha value is -1.96. The second-order valence-corrected chi connectivity index (χ2v) is 4.92. The molecule has 1 atom stereocenters. The quantitative estimate of drug-likeness (QED) is 0.831. The summed E-state index contributed by atoms with van der Waals surface area (Å²) in [4.78, 5) is 1.83. The number of anilines is 2. The Kier molecular flexibility index (Phi) is 4.99. The summed E-state index contributed by atoms with van der Waals surface area (Å²) >= 11 is 0. The first-order valence-corrected chi connectivity index (χ1v) is 6.21. The number of rotatable bonds is 5. The maximum Gasteiger partial charge on any atom is 0.167 e. The number of nitrogens with zero attached hydrogens (tertiary/aromatic N) is 2. The Morgan fingerprint density at radius 3 is 2.58 bits per heavy atom. The minimum atomic E-state index is -0.475. The van der Waals surface area contributed by atoms with Crippen molar-refractivity contribution in [1.29, 1.82) is 5.26 Å². The zero-order valence-corrected chi connectivity index (χ0v) is 11.8. The van der Waals surface area contributed by atoms with Crippen LogP contribution in [0.5, 0.6) is 5.75 Å². The second kappa shape index (κ2) is 6.28. The number of halogens is 1. The molecule has 1 aromatic rings. The van der Waals surface area contributed by atoms with Gasteiger partial charge in [0.25, 0.3) is 0 Å². The molecule has 0 saturated carbocycles. The molecule has 5 heteroatoms. The van der Waals surface area contributed by atoms with Crippen molar-refractivity contribution in [3.8, 4) is 11.8 Å². The Morgan fingerprint density at radius 1 is 1.42 bits per heavy atom. The van der Waals surface area contributed by atoms with Crippen molar-refractivity contribution in [2.75, 3.05) is 24.2 Å². The van der Waals surface area contributed by atoms with Gasteiger partial charge >= 0.3 is 0 Å². The monoisotopic (exact) mass is 265 g/mol. The van der Waals surface area contributed by atoms with Gasteiger partial charge < -0.3 is 15.4 Å². The van der Waals surface area contributed by atoms with Gasteiger partial charge in [-0.3, -0.25) is 0 Å². The average Bonchev–Trinajstić information content (AvgIpc) is 2.31. The van der Waals surface area contributed by atoms with E-state index < -0.39 is 5.82 Å². The van der Waals surface area contributed by atoms with E-state index in [1.165, 1.54) is 6.07 Å². The number of hydrogen-bond donors (Lipinski definition) is 1. The molecule has 0 heterocycles. The fraction of sp³-hybridized carbons (Fsp3) is 0.500. The summed E-state index contributed by atoms with van der Waals surface area (Å²) < 4.78 is 19.1. The minimum absolute atomic E-state index is 0.116. The van der Waals surface area contributed by atoms with Crippen LogP contribution in [-0.2, 0) is 0 Å². The van der Waals surface area contributed by atoms with Crippen LogP contribution in [0.2, 0.25) is 0 Å². The van der Waals surface area contributed by atoms with Crippen LogP contribution in [-0.4, -0.2) is 19.7 Å². The van der Waals surface area contributed by atoms with Gasteiger partial charge in [0.1, 0.15) is 0 Å². The lowest BCUT2D eigenvalue weighted by molar-refractivity contribution is 0.231. The molecule has 0 radical (unpaired) electrons. The predicted octanol–water partition coefficient (Wildman–Crippen LogP) is 2.79. The highest BCUT2D eigenvalue weighted by Gasteiger charge is 2.14. The molecule has 0 bridgehead atoms. The number of nitriles is 1. The molecule has 104 valence electrons. The Labute approximate surface area is 113 Å². The maximum absolute atomic E-state index is 13.7. The molecule has 0 spiro atoms. The molecular weight excluding hydrogens is 245 g/mol. The fourth-order valence-corrected chi connectivity index (χ4v) is 1.78. The first-order chi connectivity index (χ1) is 8.85. The normalized spacial score (nSPS) is 12.1. The lowest BCUT2D eigenvalue weighted by Gasteiger charge is -2.23. The van der Waals surface area contributed by atoms with Crippen LogP contribution in [0.15, 0.2) is 12.1 Å². The van der Waals surface area contributed by atoms with E-state index in [4.69, 9.17) is 15.7 Å². The summed E-state index contributed by atoms with van der Waals surface area (Å²) in [6.45, 7) is 6.00. The van der Waals surface area contributed by atoms with Gasteiger partial charge in [-0.25, -0.2) is 4.39 Å². The smallest absolute Gasteiger partial charge is 0.167 e. The van der Waals surface area contributed by atoms with E-state index in [2.05, 4.69) is 6.07 Å². The summed E-state index contributed by atoms with van der Waals surface area (Å²) in [5.41, 5.74) is 6.82. The first kappa shape index (κ1) is 15.1. The highest BCUT2D eigenvalue weighted by atomic mass is 19.1. The standard InChI is InChI=1S/C14H20FN3O/c1-9(2)19-14-6-13(12(17)5-11(14)15)18(4)8-10(3)7-16/h5-6,9-10H,8,17H2,1-4H3. The molecule has 4 nitrogen and oxygen atoms in total. The van der Waals surface area contributed by atoms with Crippen molar-refractivity contribution in [3.05, 3.63) is 17.9 Å². The van der Waals surface area contributed by atoms with Crippen LogP contribution in [0.3, 0.4) is 0 Å². The molecule has 2 N–H and O–H groups in total. The Bertz CT molecular complexity index is 482. The molecule has 1 aromatic carbocycles. The Balaban J connectivity index is 3.03. The van der Waals surface area contributed by atoms with E-state index in [1.54, 1.807) is 6.07 Å². The SMILES string of the molecule is CC(C#N)CN(C)c1cc(OC(C)C)c(F)cc1N. The summed E-state index contributed by atoms with van der Waals surface area (Å²) in [7, 11) is 1.82. The topological polar surface area (TPSA) is 62.3 Å². The van der Waals surface area contributed by atoms with Gasteiger partial charge in [-0.15, -0.1) is 0 Å². The van der Waals surface area contributed by atoms with E-state index in [1.807, 2.05) is 32.7 Å². The highest BCUT2D eigenvalue weighted by Crippen LogP contribution is 2.31. The molecule has 19 heavy (non-hydrogen) atoms. The van der Waals surface area contributed by atoms with Crippen LogP contribution in [0.25, 0.3) is 0 Å². The lowest BCUT2D eigenvalue weighted by atomic mass is 10.1. The molecule has 0 saturated heterocycles. The van der Waals surface area contributed by atoms with Crippen LogP contribution < -0.4 is 15.4 Å². The molecule has 0 aromatic heterocycles. The van der Waals surface area contributed by atoms with Crippen molar-refractivity contribution >= 4 is 11.4 Å². The summed E-state index contributed by atoms with van der Waals surface area (Å²) in [5, 5.41) is 8.82. The number of ether oxygens (including phenoxy) is 1. The van der Waals surface area contributed by atoms with Gasteiger partial charge in [0, 0.05) is 25.7 Å². The molecular formula is C14H20FN3O. The zero-order valence-electron chi connectivity index (χ0n) is 11.8. The average molecular weight is 265 g/mol. The van der Waals surface area contributed by atoms with Crippen molar-refractivity contribution in [2.24, 2.45) is 5.92 Å². The van der Waals surface area contributed by atoms with Gasteiger partial charge in [0.15, 0.2) is 11.6 Å². The van der Waals surface area contributed by atoms with Gasteiger partial charge in [0.05, 0.1) is 29.5 Å². The van der Waals surface area contributed by atoms with Gasteiger partial charge in [-0.05, 0) is 20.8 Å². The van der Waals surface area contributed by atoms with Crippen molar-refractivity contribution in [2.45, 2.75) is 26.9 Å². The molecule has 0 aliphatic rings. The van der Waals surface area contributed by atoms with Crippen LogP contribution >= 0.6 is 0 Å². The number of benzene rings is 1. The number of nitrogens with two attached hydrogens (primary N) is 1. The third kappa shape index (κ3) is 4.02. The van der Waals surface area contributed by atoms with E-state index in [0.29, 0.717) is 17.9 Å². The molecule has 0 amide bonds. The lowest BCUT2D eigenvalue weighted by Crippen LogP contribution is -2.24. The van der Waals surface area contributed by atoms with Gasteiger partial charge in [-0.1, -0.05) is 0 Å². The third-order valence-electron chi connectivity index (χ3n) is 2.62. The molecule has 0 aliphatic heterocycles. The molecule has 1 rings (SSSR count). The minimum Gasteiger partial charge on any atom is -0.488 e. The second-order valence-electron chi connectivity index (χ2n) is 4.92. The summed E-state index contributed by atoms with van der Waals surface area (Å²) in [6.07, 6.45) is -0.116. The van der Waals surface area contributed by atoms with Crippen LogP contribution in [0.4, 0.5) is 15.8 Å². The predicted molar refractivity (Wildman–Crippen MR) is 74.6 cm³/mol. The van der Waals surface area contributed by atoms with Crippen molar-refractivity contribution < 1.29 is 9.13 Å². The molecule has 1 unspecified atom stereocenters. The maximum atomic E-state index is 13.7. The van der Waals surface area contributed by atoms with E-state index in [9.17, 15) is 4.39 Å². The van der Waals surface area contributed by atoms with Gasteiger partial charge in [0.2, 0.25) is 0 Å². The summed E-state index contributed by atoms with van der Waals surface area (Å²) in [5.74, 6) is -0.434. The fourth-order valence-electron chi connectivity index (χ4n) is 1.78. The third-order valence-corrected chi connectivity index (χ3v) is 2.62. The number of nitrogen functional groups attached to an aromatic ring is 1. The van der Waals surface area contributed by atoms with Crippen molar-refractivity contribution in [1.82, 2.24) is 0 Å². The largest absolute Gasteiger partial charge is 0.488 e. The summed E-state index contributed by atoms with van der Waals surface area (Å²) in [6, 6.07) is 4.98. The Morgan fingerprint density at radius 2 is 2.05 bits per heavy atom. The highest BCUT2D eigenvalue weighted by molar-refractivity contribution is 5.69. The molecule has 0 aliphatic carbocycles. The van der Waals surface area contributed by atoms with Gasteiger partial charge in [-0.2, -0.15) is 5.26 Å². The van der Waals surface area contributed by atoms with E-state index >= 15 is 0 Å². The van der Waals surface area contributed by atoms with Crippen LogP contribution in [0.1, 0.15) is 20.8 Å². The zero-order chi connectivity index (χ0) is 14.6. The van der Waals surface area contributed by atoms with E-state index in [0.717, 1.165) is 0 Å². The van der Waals surface area contributed by atoms with Crippen LogP contribution in [0, 0.1) is 23.1 Å². The first-order valence-electron chi connectivity index (χ1n) is 6.21. The van der Waals surface area contributed by atoms with Crippen molar-refractivity contribution in [3.63, 3.8) is 0 Å².